The summed E-state index contributed by atoms with van der Waals surface area (Å²) < 4.78 is 0. The molecule has 0 radical (unpaired) electrons. The molecule has 1 N–H and O–H groups in total. The van der Waals surface area contributed by atoms with Crippen LogP contribution in [0.4, 0.5) is 0 Å². The van der Waals surface area contributed by atoms with Crippen LogP contribution in [0.3, 0.4) is 0 Å². The van der Waals surface area contributed by atoms with Gasteiger partial charge in [-0.3, -0.25) is 0 Å². The number of nitrogens with one attached hydrogen (secondary N) is 1. The van der Waals surface area contributed by atoms with Gasteiger partial charge < -0.3 is 15.1 Å². The lowest BCUT2D eigenvalue weighted by Gasteiger charge is -2.23. The highest BCUT2D eigenvalue weighted by Crippen LogP contribution is 2.16. The molecule has 1 saturated heterocycles. The standard InChI is InChI=1S/C12H27N3/c1-11-8-13-9-12(11)10-15(4)7-5-6-14(2)3/h11-13H,5-10H2,1-4H3/t11-,12+/m1/s1. The van der Waals surface area contributed by atoms with Crippen LogP contribution in [0.2, 0.25) is 0 Å². The van der Waals surface area contributed by atoms with Crippen molar-refractivity contribution >= 4 is 0 Å². The Morgan fingerprint density at radius 3 is 2.40 bits per heavy atom. The summed E-state index contributed by atoms with van der Waals surface area (Å²) in [5.74, 6) is 1.70. The van der Waals surface area contributed by atoms with Crippen molar-refractivity contribution in [3.8, 4) is 0 Å². The first-order chi connectivity index (χ1) is 7.09. The largest absolute Gasteiger partial charge is 0.316 e. The van der Waals surface area contributed by atoms with Gasteiger partial charge in [0.2, 0.25) is 0 Å². The molecule has 0 unspecified atom stereocenters. The van der Waals surface area contributed by atoms with Gasteiger partial charge in [0.15, 0.2) is 0 Å². The Labute approximate surface area is 94.8 Å². The van der Waals surface area contributed by atoms with Crippen LogP contribution in [0.25, 0.3) is 0 Å². The van der Waals surface area contributed by atoms with E-state index in [2.05, 4.69) is 43.2 Å². The first-order valence-corrected chi connectivity index (χ1v) is 6.13. The van der Waals surface area contributed by atoms with Crippen LogP contribution in [-0.2, 0) is 0 Å². The third-order valence-electron chi connectivity index (χ3n) is 3.37. The highest BCUT2D eigenvalue weighted by Gasteiger charge is 2.23. The second-order valence-electron chi connectivity index (χ2n) is 5.31. The van der Waals surface area contributed by atoms with Gasteiger partial charge in [0.05, 0.1) is 0 Å². The van der Waals surface area contributed by atoms with E-state index in [9.17, 15) is 0 Å². The lowest BCUT2D eigenvalue weighted by atomic mass is 9.98. The molecule has 0 aliphatic carbocycles. The molecule has 1 fully saturated rings. The molecule has 1 rings (SSSR count). The van der Waals surface area contributed by atoms with Crippen LogP contribution < -0.4 is 5.32 Å². The van der Waals surface area contributed by atoms with E-state index in [-0.39, 0.29) is 0 Å². The molecular formula is C12H27N3. The van der Waals surface area contributed by atoms with Crippen LogP contribution in [0.5, 0.6) is 0 Å². The summed E-state index contributed by atoms with van der Waals surface area (Å²) in [4.78, 5) is 4.74. The van der Waals surface area contributed by atoms with Crippen molar-refractivity contribution in [3.63, 3.8) is 0 Å². The smallest absolute Gasteiger partial charge is 0.00218 e. The van der Waals surface area contributed by atoms with Crippen molar-refractivity contribution in [1.29, 1.82) is 0 Å². The van der Waals surface area contributed by atoms with E-state index >= 15 is 0 Å². The maximum Gasteiger partial charge on any atom is 0.00218 e. The van der Waals surface area contributed by atoms with E-state index in [1.54, 1.807) is 0 Å². The van der Waals surface area contributed by atoms with Gasteiger partial charge in [0.25, 0.3) is 0 Å². The number of nitrogens with zero attached hydrogens (tertiary/aromatic N) is 2. The molecular weight excluding hydrogens is 186 g/mol. The quantitative estimate of drug-likeness (QED) is 0.701. The Bertz CT molecular complexity index is 170. The van der Waals surface area contributed by atoms with E-state index in [0.29, 0.717) is 0 Å². The van der Waals surface area contributed by atoms with Crippen LogP contribution in [-0.4, -0.2) is 63.7 Å². The van der Waals surface area contributed by atoms with Gasteiger partial charge in [-0.15, -0.1) is 0 Å². The second-order valence-corrected chi connectivity index (χ2v) is 5.31. The third kappa shape index (κ3) is 4.96. The van der Waals surface area contributed by atoms with Gasteiger partial charge >= 0.3 is 0 Å². The lowest BCUT2D eigenvalue weighted by molar-refractivity contribution is 0.246. The summed E-state index contributed by atoms with van der Waals surface area (Å²) >= 11 is 0. The molecule has 2 atom stereocenters. The van der Waals surface area contributed by atoms with Crippen molar-refractivity contribution in [2.45, 2.75) is 13.3 Å². The van der Waals surface area contributed by atoms with Crippen LogP contribution in [0, 0.1) is 11.8 Å². The fourth-order valence-electron chi connectivity index (χ4n) is 2.26. The van der Waals surface area contributed by atoms with Gasteiger partial charge in [-0.05, 0) is 65.6 Å². The average Bonchev–Trinajstić information content (AvgIpc) is 2.51. The maximum absolute atomic E-state index is 3.47. The Balaban J connectivity index is 2.09. The summed E-state index contributed by atoms with van der Waals surface area (Å²) in [5, 5.41) is 3.47. The summed E-state index contributed by atoms with van der Waals surface area (Å²) in [6.45, 7) is 8.44. The molecule has 0 aromatic carbocycles. The van der Waals surface area contributed by atoms with Crippen molar-refractivity contribution in [1.82, 2.24) is 15.1 Å². The number of hydrogen-bond acceptors (Lipinski definition) is 3. The van der Waals surface area contributed by atoms with Gasteiger partial charge in [0, 0.05) is 6.54 Å². The number of hydrogen-bond donors (Lipinski definition) is 1. The topological polar surface area (TPSA) is 18.5 Å². The molecule has 0 saturated carbocycles. The molecule has 0 spiro atoms. The Kier molecular flexibility index (Phi) is 5.58. The van der Waals surface area contributed by atoms with E-state index in [1.165, 1.54) is 39.1 Å². The zero-order chi connectivity index (χ0) is 11.3. The lowest BCUT2D eigenvalue weighted by Crippen LogP contribution is -2.31. The predicted molar refractivity (Wildman–Crippen MR) is 66.2 cm³/mol. The highest BCUT2D eigenvalue weighted by molar-refractivity contribution is 4.79. The average molecular weight is 213 g/mol. The van der Waals surface area contributed by atoms with E-state index in [4.69, 9.17) is 0 Å². The van der Waals surface area contributed by atoms with Crippen molar-refractivity contribution in [2.24, 2.45) is 11.8 Å². The fraction of sp³-hybridized carbons (Fsp3) is 1.00. The summed E-state index contributed by atoms with van der Waals surface area (Å²) in [6.07, 6.45) is 1.28. The Morgan fingerprint density at radius 1 is 1.13 bits per heavy atom. The van der Waals surface area contributed by atoms with Gasteiger partial charge in [-0.1, -0.05) is 6.92 Å². The molecule has 0 bridgehead atoms. The summed E-state index contributed by atoms with van der Waals surface area (Å²) in [6, 6.07) is 0. The van der Waals surface area contributed by atoms with Crippen LogP contribution in [0.15, 0.2) is 0 Å². The van der Waals surface area contributed by atoms with E-state index in [1.807, 2.05) is 0 Å². The van der Waals surface area contributed by atoms with Crippen molar-refractivity contribution in [2.75, 3.05) is 53.9 Å². The zero-order valence-corrected chi connectivity index (χ0v) is 10.8. The third-order valence-corrected chi connectivity index (χ3v) is 3.37. The minimum atomic E-state index is 0.848. The highest BCUT2D eigenvalue weighted by atomic mass is 15.1. The van der Waals surface area contributed by atoms with Crippen LogP contribution >= 0.6 is 0 Å². The van der Waals surface area contributed by atoms with E-state index < -0.39 is 0 Å². The Hall–Kier alpha value is -0.120. The maximum atomic E-state index is 3.47. The molecule has 3 nitrogen and oxygen atoms in total. The molecule has 3 heteroatoms. The predicted octanol–water partition coefficient (Wildman–Crippen LogP) is 0.725. The van der Waals surface area contributed by atoms with Crippen LogP contribution in [0.1, 0.15) is 13.3 Å². The van der Waals surface area contributed by atoms with Crippen molar-refractivity contribution in [3.05, 3.63) is 0 Å². The van der Waals surface area contributed by atoms with E-state index in [0.717, 1.165) is 11.8 Å². The minimum Gasteiger partial charge on any atom is -0.316 e. The van der Waals surface area contributed by atoms with Gasteiger partial charge in [-0.2, -0.15) is 0 Å². The fourth-order valence-corrected chi connectivity index (χ4v) is 2.26. The van der Waals surface area contributed by atoms with Gasteiger partial charge in [0.1, 0.15) is 0 Å². The first-order valence-electron chi connectivity index (χ1n) is 6.13. The molecule has 0 aromatic heterocycles. The summed E-state index contributed by atoms with van der Waals surface area (Å²) in [5.41, 5.74) is 0. The van der Waals surface area contributed by atoms with Crippen molar-refractivity contribution < 1.29 is 0 Å². The monoisotopic (exact) mass is 213 g/mol. The zero-order valence-electron chi connectivity index (χ0n) is 10.8. The summed E-state index contributed by atoms with van der Waals surface area (Å²) in [7, 11) is 6.53. The normalized spacial score (nSPS) is 26.8. The number of rotatable bonds is 6. The van der Waals surface area contributed by atoms with Gasteiger partial charge in [-0.25, -0.2) is 0 Å². The molecule has 0 aromatic rings. The molecule has 1 heterocycles. The molecule has 90 valence electrons. The minimum absolute atomic E-state index is 0.848. The molecule has 0 amide bonds. The molecule has 1 aliphatic rings. The first kappa shape index (κ1) is 12.9. The molecule has 15 heavy (non-hydrogen) atoms. The SMILES string of the molecule is C[C@@H]1CNC[C@H]1CN(C)CCCN(C)C. The second kappa shape index (κ2) is 6.46. The Morgan fingerprint density at radius 2 is 1.87 bits per heavy atom. The molecule has 1 aliphatic heterocycles.